The summed E-state index contributed by atoms with van der Waals surface area (Å²) >= 11 is 12.9. The van der Waals surface area contributed by atoms with E-state index in [-0.39, 0.29) is 28.0 Å². The minimum atomic E-state index is -1.56. The minimum Gasteiger partial charge on any atom is -0.486 e. The summed E-state index contributed by atoms with van der Waals surface area (Å²) in [4.78, 5) is 13.0. The van der Waals surface area contributed by atoms with Crippen LogP contribution in [0.4, 0.5) is 0 Å². The van der Waals surface area contributed by atoms with Crippen LogP contribution in [0.15, 0.2) is 30.5 Å². The Bertz CT molecular complexity index is 1260. The number of carbonyl (C=O) groups is 1. The van der Waals surface area contributed by atoms with Gasteiger partial charge in [0.2, 0.25) is 0 Å². The highest BCUT2D eigenvalue weighted by Crippen LogP contribution is 2.39. The number of ether oxygens (including phenoxy) is 4. The molecule has 0 unspecified atom stereocenters. The zero-order valence-corrected chi connectivity index (χ0v) is 21.2. The molecule has 36 heavy (non-hydrogen) atoms. The van der Waals surface area contributed by atoms with E-state index in [9.17, 15) is 20.1 Å². The van der Waals surface area contributed by atoms with Crippen molar-refractivity contribution < 1.29 is 39.1 Å². The highest BCUT2D eigenvalue weighted by Gasteiger charge is 2.47. The molecule has 2 heterocycles. The van der Waals surface area contributed by atoms with Crippen LogP contribution in [0.5, 0.6) is 5.75 Å². The van der Waals surface area contributed by atoms with Crippen molar-refractivity contribution in [3.05, 3.63) is 57.2 Å². The number of aromatic nitrogens is 2. The van der Waals surface area contributed by atoms with Crippen molar-refractivity contribution in [1.29, 1.82) is 0 Å². The van der Waals surface area contributed by atoms with E-state index in [1.54, 1.807) is 17.8 Å². The van der Waals surface area contributed by atoms with Crippen molar-refractivity contribution in [2.24, 2.45) is 7.05 Å². The molecule has 3 N–H and O–H groups in total. The van der Waals surface area contributed by atoms with Gasteiger partial charge in [0.05, 0.1) is 33.9 Å². The second kappa shape index (κ2) is 10.9. The Labute approximate surface area is 216 Å². The fourth-order valence-electron chi connectivity index (χ4n) is 4.06. The number of fused-ring (bicyclic) bond motifs is 1. The number of halogens is 2. The number of aliphatic hydroxyl groups is 3. The molecule has 194 valence electrons. The third-order valence-corrected chi connectivity index (χ3v) is 6.87. The van der Waals surface area contributed by atoms with Gasteiger partial charge in [-0.3, -0.25) is 4.68 Å². The molecule has 1 aromatic heterocycles. The molecule has 3 aromatic rings. The van der Waals surface area contributed by atoms with Gasteiger partial charge in [-0.25, -0.2) is 4.79 Å². The first kappa shape index (κ1) is 26.6. The van der Waals surface area contributed by atoms with Crippen molar-refractivity contribution in [2.75, 3.05) is 13.7 Å². The molecule has 0 radical (unpaired) electrons. The van der Waals surface area contributed by atoms with E-state index in [4.69, 9.17) is 42.1 Å². The highest BCUT2D eigenvalue weighted by molar-refractivity contribution is 6.38. The Balaban J connectivity index is 1.51. The summed E-state index contributed by atoms with van der Waals surface area (Å²) in [6.07, 6.45) is -4.97. The van der Waals surface area contributed by atoms with Crippen molar-refractivity contribution in [3.8, 4) is 5.75 Å². The molecular weight excluding hydrogens is 515 g/mol. The number of aryl methyl sites for hydroxylation is 1. The summed E-state index contributed by atoms with van der Waals surface area (Å²) in [6, 6.07) is 7.15. The SMILES string of the molecule is CO[C@H]1O[C@H](CO)[C@@H](O)[C@H](O)[C@H]1OC(=O)c1cc(Cl)c(OCc2ccc3c(cnn3C)c2)c(Cl)c1C. The maximum absolute atomic E-state index is 13.0. The third kappa shape index (κ3) is 5.03. The fraction of sp³-hybridized carbons (Fsp3) is 0.417. The van der Waals surface area contributed by atoms with Crippen LogP contribution in [0.2, 0.25) is 10.0 Å². The molecule has 12 heteroatoms. The molecule has 2 aromatic carbocycles. The quantitative estimate of drug-likeness (QED) is 0.386. The Morgan fingerprint density at radius 1 is 1.22 bits per heavy atom. The first-order valence-electron chi connectivity index (χ1n) is 11.0. The Morgan fingerprint density at radius 3 is 2.67 bits per heavy atom. The molecule has 1 fully saturated rings. The number of nitrogens with zero attached hydrogens (tertiary/aromatic N) is 2. The summed E-state index contributed by atoms with van der Waals surface area (Å²) < 4.78 is 23.6. The molecule has 1 aliphatic rings. The average Bonchev–Trinajstić information content (AvgIpc) is 3.24. The first-order chi connectivity index (χ1) is 17.2. The maximum Gasteiger partial charge on any atom is 0.339 e. The molecule has 10 nitrogen and oxygen atoms in total. The van der Waals surface area contributed by atoms with E-state index in [0.717, 1.165) is 16.5 Å². The second-order valence-corrected chi connectivity index (χ2v) is 9.22. The van der Waals surface area contributed by atoms with E-state index in [1.165, 1.54) is 13.2 Å². The second-order valence-electron chi connectivity index (χ2n) is 8.44. The van der Waals surface area contributed by atoms with Gasteiger partial charge in [-0.1, -0.05) is 29.3 Å². The van der Waals surface area contributed by atoms with Gasteiger partial charge >= 0.3 is 5.97 Å². The lowest BCUT2D eigenvalue weighted by molar-refractivity contribution is -0.293. The highest BCUT2D eigenvalue weighted by atomic mass is 35.5. The summed E-state index contributed by atoms with van der Waals surface area (Å²) in [5, 5.41) is 35.3. The third-order valence-electron chi connectivity index (χ3n) is 6.13. The number of hydrogen-bond donors (Lipinski definition) is 3. The normalized spacial score (nSPS) is 24.2. The molecule has 0 amide bonds. The smallest absolute Gasteiger partial charge is 0.339 e. The minimum absolute atomic E-state index is 0.0370. The average molecular weight is 541 g/mol. The number of methoxy groups -OCH3 is 1. The van der Waals surface area contributed by atoms with Crippen molar-refractivity contribution in [3.63, 3.8) is 0 Å². The number of rotatable bonds is 7. The monoisotopic (exact) mass is 540 g/mol. The number of carbonyl (C=O) groups excluding carboxylic acids is 1. The molecule has 0 saturated carbocycles. The zero-order valence-electron chi connectivity index (χ0n) is 19.7. The Hall–Kier alpha value is -2.44. The van der Waals surface area contributed by atoms with Gasteiger partial charge < -0.3 is 34.3 Å². The predicted octanol–water partition coefficient (Wildman–Crippen LogP) is 2.38. The van der Waals surface area contributed by atoms with Crippen LogP contribution in [-0.2, 0) is 27.9 Å². The molecule has 1 aliphatic heterocycles. The zero-order chi connectivity index (χ0) is 26.1. The van der Waals surface area contributed by atoms with Gasteiger partial charge in [0.1, 0.15) is 24.9 Å². The summed E-state index contributed by atoms with van der Waals surface area (Å²) in [6.45, 7) is 1.22. The van der Waals surface area contributed by atoms with E-state index in [1.807, 2.05) is 25.2 Å². The van der Waals surface area contributed by atoms with E-state index in [2.05, 4.69) is 5.10 Å². The number of hydrogen-bond acceptors (Lipinski definition) is 9. The number of aliphatic hydroxyl groups excluding tert-OH is 3. The van der Waals surface area contributed by atoms with Crippen LogP contribution in [0.3, 0.4) is 0 Å². The summed E-state index contributed by atoms with van der Waals surface area (Å²) in [7, 11) is 3.14. The van der Waals surface area contributed by atoms with Crippen molar-refractivity contribution in [1.82, 2.24) is 9.78 Å². The predicted molar refractivity (Wildman–Crippen MR) is 130 cm³/mol. The topological polar surface area (TPSA) is 133 Å². The molecule has 0 spiro atoms. The van der Waals surface area contributed by atoms with E-state index in [0.29, 0.717) is 5.56 Å². The number of benzene rings is 2. The van der Waals surface area contributed by atoms with Crippen LogP contribution in [0.25, 0.3) is 10.9 Å². The summed E-state index contributed by atoms with van der Waals surface area (Å²) in [5.74, 6) is -0.662. The largest absolute Gasteiger partial charge is 0.486 e. The Morgan fingerprint density at radius 2 is 1.97 bits per heavy atom. The van der Waals surface area contributed by atoms with Crippen LogP contribution in [0.1, 0.15) is 21.5 Å². The molecule has 5 atom stereocenters. The van der Waals surface area contributed by atoms with Gasteiger partial charge in [0, 0.05) is 19.5 Å². The first-order valence-corrected chi connectivity index (χ1v) is 11.8. The Kier molecular flexibility index (Phi) is 8.06. The lowest BCUT2D eigenvalue weighted by Crippen LogP contribution is -2.60. The van der Waals surface area contributed by atoms with Crippen LogP contribution in [0, 0.1) is 6.92 Å². The van der Waals surface area contributed by atoms with Crippen LogP contribution >= 0.6 is 23.2 Å². The lowest BCUT2D eigenvalue weighted by atomic mass is 9.99. The van der Waals surface area contributed by atoms with Gasteiger partial charge in [-0.2, -0.15) is 5.10 Å². The molecular formula is C24H26Cl2N2O8. The standard InChI is InChI=1S/C24H26Cl2N2O8/c1-11-14(23(32)36-22-20(31)19(30)17(9-29)35-24(22)33-3)7-15(25)21(18(11)26)34-10-12-4-5-16-13(6-12)8-27-28(16)2/h4-8,17,19-20,22,24,29-31H,9-10H2,1-3H3/t17-,19-,20+,22-,24+/m1/s1. The van der Waals surface area contributed by atoms with Crippen molar-refractivity contribution in [2.45, 2.75) is 44.2 Å². The summed E-state index contributed by atoms with van der Waals surface area (Å²) in [5.41, 5.74) is 2.24. The molecule has 1 saturated heterocycles. The van der Waals surface area contributed by atoms with Crippen molar-refractivity contribution >= 4 is 40.1 Å². The fourth-order valence-corrected chi connectivity index (χ4v) is 4.62. The molecule has 0 bridgehead atoms. The van der Waals surface area contributed by atoms with E-state index < -0.39 is 43.3 Å². The van der Waals surface area contributed by atoms with Crippen LogP contribution < -0.4 is 4.74 Å². The van der Waals surface area contributed by atoms with Gasteiger partial charge in [-0.15, -0.1) is 0 Å². The van der Waals surface area contributed by atoms with Crippen LogP contribution in [-0.4, -0.2) is 75.5 Å². The molecule has 4 rings (SSSR count). The van der Waals surface area contributed by atoms with Gasteiger partial charge in [0.15, 0.2) is 18.1 Å². The maximum atomic E-state index is 13.0. The van der Waals surface area contributed by atoms with Gasteiger partial charge in [-0.05, 0) is 36.2 Å². The van der Waals surface area contributed by atoms with Gasteiger partial charge in [0.25, 0.3) is 0 Å². The molecule has 0 aliphatic carbocycles. The lowest BCUT2D eigenvalue weighted by Gasteiger charge is -2.40. The van der Waals surface area contributed by atoms with E-state index >= 15 is 0 Å². The number of esters is 1.